The highest BCUT2D eigenvalue weighted by atomic mass is 19.4. The van der Waals surface area contributed by atoms with Crippen LogP contribution in [0.2, 0.25) is 0 Å². The summed E-state index contributed by atoms with van der Waals surface area (Å²) < 4.78 is 38.0. The van der Waals surface area contributed by atoms with Crippen molar-refractivity contribution in [3.8, 4) is 0 Å². The molecule has 0 atom stereocenters. The van der Waals surface area contributed by atoms with Crippen LogP contribution in [0.5, 0.6) is 0 Å². The molecule has 0 saturated heterocycles. The second-order valence-corrected chi connectivity index (χ2v) is 7.52. The Morgan fingerprint density at radius 3 is 2.24 bits per heavy atom. The molecule has 2 rings (SSSR count). The molecule has 0 aliphatic heterocycles. The van der Waals surface area contributed by atoms with E-state index < -0.39 is 11.9 Å². The van der Waals surface area contributed by atoms with Gasteiger partial charge in [-0.25, -0.2) is 9.97 Å². The van der Waals surface area contributed by atoms with Gasteiger partial charge < -0.3 is 5.32 Å². The molecule has 0 radical (unpaired) electrons. The van der Waals surface area contributed by atoms with Gasteiger partial charge in [-0.1, -0.05) is 27.7 Å². The van der Waals surface area contributed by atoms with Gasteiger partial charge in [0.05, 0.1) is 0 Å². The SMILES string of the molecule is CC1(C)CC(Nc2nccc(C(F)(F)F)n2)CC(C)(C)C1. The summed E-state index contributed by atoms with van der Waals surface area (Å²) >= 11 is 0. The van der Waals surface area contributed by atoms with Gasteiger partial charge in [-0.15, -0.1) is 0 Å². The Morgan fingerprint density at radius 2 is 1.71 bits per heavy atom. The van der Waals surface area contributed by atoms with E-state index in [0.717, 1.165) is 31.5 Å². The van der Waals surface area contributed by atoms with Crippen molar-refractivity contribution in [3.63, 3.8) is 0 Å². The predicted molar refractivity (Wildman–Crippen MR) is 75.9 cm³/mol. The molecule has 0 bridgehead atoms. The van der Waals surface area contributed by atoms with Crippen LogP contribution in [-0.4, -0.2) is 16.0 Å². The van der Waals surface area contributed by atoms with Gasteiger partial charge in [0.25, 0.3) is 0 Å². The Kier molecular flexibility index (Phi) is 3.93. The number of aromatic nitrogens is 2. The molecule has 0 aromatic carbocycles. The third-order valence-corrected chi connectivity index (χ3v) is 3.83. The first kappa shape index (κ1) is 16.0. The lowest BCUT2D eigenvalue weighted by Gasteiger charge is -2.45. The van der Waals surface area contributed by atoms with Crippen LogP contribution in [0.1, 0.15) is 52.7 Å². The molecule has 1 aromatic rings. The Hall–Kier alpha value is -1.33. The normalized spacial score (nSPS) is 22.0. The molecular weight excluding hydrogens is 279 g/mol. The van der Waals surface area contributed by atoms with Crippen LogP contribution in [0, 0.1) is 10.8 Å². The number of nitrogens with zero attached hydrogens (tertiary/aromatic N) is 2. The fourth-order valence-corrected chi connectivity index (χ4v) is 3.72. The van der Waals surface area contributed by atoms with Crippen LogP contribution < -0.4 is 5.32 Å². The number of hydrogen-bond acceptors (Lipinski definition) is 3. The van der Waals surface area contributed by atoms with Crippen molar-refractivity contribution in [2.75, 3.05) is 5.32 Å². The van der Waals surface area contributed by atoms with E-state index in [-0.39, 0.29) is 22.8 Å². The molecule has 0 amide bonds. The first-order chi connectivity index (χ1) is 9.47. The highest BCUT2D eigenvalue weighted by molar-refractivity contribution is 5.28. The molecule has 1 saturated carbocycles. The van der Waals surface area contributed by atoms with Gasteiger partial charge in [-0.2, -0.15) is 13.2 Å². The van der Waals surface area contributed by atoms with Gasteiger partial charge >= 0.3 is 6.18 Å². The summed E-state index contributed by atoms with van der Waals surface area (Å²) in [5.74, 6) is 0.0586. The monoisotopic (exact) mass is 301 g/mol. The fourth-order valence-electron chi connectivity index (χ4n) is 3.72. The van der Waals surface area contributed by atoms with Gasteiger partial charge in [0.2, 0.25) is 5.95 Å². The second-order valence-electron chi connectivity index (χ2n) is 7.52. The lowest BCUT2D eigenvalue weighted by Crippen LogP contribution is -2.40. The van der Waals surface area contributed by atoms with Gasteiger partial charge in [-0.05, 0) is 36.2 Å². The third-order valence-electron chi connectivity index (χ3n) is 3.83. The molecule has 1 aliphatic carbocycles. The van der Waals surface area contributed by atoms with Crippen molar-refractivity contribution in [2.24, 2.45) is 10.8 Å². The zero-order valence-corrected chi connectivity index (χ0v) is 12.9. The Labute approximate surface area is 123 Å². The first-order valence-corrected chi connectivity index (χ1v) is 7.14. The van der Waals surface area contributed by atoms with Crippen molar-refractivity contribution in [3.05, 3.63) is 18.0 Å². The quantitative estimate of drug-likeness (QED) is 0.873. The van der Waals surface area contributed by atoms with Crippen molar-refractivity contribution in [1.82, 2.24) is 9.97 Å². The second kappa shape index (κ2) is 5.14. The summed E-state index contributed by atoms with van der Waals surface area (Å²) in [6.07, 6.45) is -0.393. The van der Waals surface area contributed by atoms with Crippen molar-refractivity contribution in [1.29, 1.82) is 0 Å². The van der Waals surface area contributed by atoms with E-state index in [2.05, 4.69) is 43.0 Å². The lowest BCUT2D eigenvalue weighted by molar-refractivity contribution is -0.141. The van der Waals surface area contributed by atoms with E-state index in [0.29, 0.717) is 0 Å². The number of alkyl halides is 3. The van der Waals surface area contributed by atoms with Gasteiger partial charge in [0, 0.05) is 12.2 Å². The van der Waals surface area contributed by atoms with Crippen LogP contribution in [0.25, 0.3) is 0 Å². The molecule has 1 aromatic heterocycles. The zero-order chi connectivity index (χ0) is 15.9. The highest BCUT2D eigenvalue weighted by Crippen LogP contribution is 2.46. The first-order valence-electron chi connectivity index (χ1n) is 7.14. The molecule has 3 nitrogen and oxygen atoms in total. The number of nitrogens with one attached hydrogen (secondary N) is 1. The molecule has 1 aliphatic rings. The minimum Gasteiger partial charge on any atom is -0.351 e. The van der Waals surface area contributed by atoms with Crippen LogP contribution in [0.15, 0.2) is 12.3 Å². The largest absolute Gasteiger partial charge is 0.433 e. The molecule has 1 N–H and O–H groups in total. The van der Waals surface area contributed by atoms with Gasteiger partial charge in [-0.3, -0.25) is 0 Å². The maximum atomic E-state index is 12.7. The van der Waals surface area contributed by atoms with E-state index >= 15 is 0 Å². The third kappa shape index (κ3) is 4.32. The summed E-state index contributed by atoms with van der Waals surface area (Å²) in [7, 11) is 0. The summed E-state index contributed by atoms with van der Waals surface area (Å²) in [5.41, 5.74) is -0.600. The fraction of sp³-hybridized carbons (Fsp3) is 0.733. The number of hydrogen-bond donors (Lipinski definition) is 1. The molecule has 0 unspecified atom stereocenters. The van der Waals surface area contributed by atoms with Crippen LogP contribution in [0.3, 0.4) is 0 Å². The molecule has 6 heteroatoms. The maximum absolute atomic E-state index is 12.7. The van der Waals surface area contributed by atoms with Crippen molar-refractivity contribution >= 4 is 5.95 Å². The summed E-state index contributed by atoms with van der Waals surface area (Å²) in [6.45, 7) is 8.76. The average Bonchev–Trinajstić information content (AvgIpc) is 2.23. The zero-order valence-electron chi connectivity index (χ0n) is 12.9. The average molecular weight is 301 g/mol. The Bertz CT molecular complexity index is 493. The van der Waals surface area contributed by atoms with Crippen molar-refractivity contribution < 1.29 is 13.2 Å². The van der Waals surface area contributed by atoms with Gasteiger partial charge in [0.15, 0.2) is 0 Å². The molecule has 118 valence electrons. The molecule has 1 fully saturated rings. The van der Waals surface area contributed by atoms with E-state index in [1.807, 2.05) is 0 Å². The topological polar surface area (TPSA) is 37.8 Å². The molecular formula is C15H22F3N3. The summed E-state index contributed by atoms with van der Waals surface area (Å²) in [4.78, 5) is 7.51. The van der Waals surface area contributed by atoms with Crippen LogP contribution in [0.4, 0.5) is 19.1 Å². The highest BCUT2D eigenvalue weighted by Gasteiger charge is 2.39. The predicted octanol–water partition coefficient (Wildman–Crippen LogP) is 4.51. The molecule has 1 heterocycles. The molecule has 0 spiro atoms. The van der Waals surface area contributed by atoms with Crippen molar-refractivity contribution in [2.45, 2.75) is 59.2 Å². The molecule has 21 heavy (non-hydrogen) atoms. The van der Waals surface area contributed by atoms with E-state index in [1.54, 1.807) is 0 Å². The number of rotatable bonds is 2. The van der Waals surface area contributed by atoms with Crippen LogP contribution in [-0.2, 0) is 6.18 Å². The van der Waals surface area contributed by atoms with Gasteiger partial charge in [0.1, 0.15) is 5.69 Å². The number of anilines is 1. The Morgan fingerprint density at radius 1 is 1.14 bits per heavy atom. The minimum absolute atomic E-state index is 0.0586. The Balaban J connectivity index is 2.15. The van der Waals surface area contributed by atoms with E-state index in [4.69, 9.17) is 0 Å². The summed E-state index contributed by atoms with van der Waals surface area (Å²) in [6, 6.07) is 0.979. The van der Waals surface area contributed by atoms with E-state index in [1.165, 1.54) is 0 Å². The maximum Gasteiger partial charge on any atom is 0.433 e. The minimum atomic E-state index is -4.44. The lowest BCUT2D eigenvalue weighted by atomic mass is 9.63. The van der Waals surface area contributed by atoms with Crippen LogP contribution >= 0.6 is 0 Å². The smallest absolute Gasteiger partial charge is 0.351 e. The van der Waals surface area contributed by atoms with E-state index in [9.17, 15) is 13.2 Å². The summed E-state index contributed by atoms with van der Waals surface area (Å²) in [5, 5.41) is 3.08. The number of halogens is 3. The standard InChI is InChI=1S/C15H22F3N3/c1-13(2)7-10(8-14(3,4)9-13)20-12-19-6-5-11(21-12)15(16,17)18/h5-6,10H,7-9H2,1-4H3,(H,19,20,21).